The summed E-state index contributed by atoms with van der Waals surface area (Å²) in [6, 6.07) is 5.60. The smallest absolute Gasteiger partial charge is 0.292 e. The van der Waals surface area contributed by atoms with E-state index < -0.39 is 6.43 Å². The third-order valence-electron chi connectivity index (χ3n) is 2.48. The second-order valence-corrected chi connectivity index (χ2v) is 4.09. The summed E-state index contributed by atoms with van der Waals surface area (Å²) in [6.45, 7) is -0.192. The average molecular weight is 297 g/mol. The molecule has 0 unspecified atom stereocenters. The van der Waals surface area contributed by atoms with E-state index in [1.54, 1.807) is 0 Å². The van der Waals surface area contributed by atoms with Gasteiger partial charge < -0.3 is 9.47 Å². The van der Waals surface area contributed by atoms with Crippen LogP contribution in [-0.4, -0.2) is 9.19 Å². The van der Waals surface area contributed by atoms with Crippen molar-refractivity contribution in [2.45, 2.75) is 13.0 Å². The van der Waals surface area contributed by atoms with Gasteiger partial charge in [-0.3, -0.25) is 0 Å². The quantitative estimate of drug-likeness (QED) is 0.681. The van der Waals surface area contributed by atoms with E-state index in [4.69, 9.17) is 10.00 Å². The van der Waals surface area contributed by atoms with Crippen LogP contribution >= 0.6 is 12.8 Å². The molecule has 1 aromatic carbocycles. The van der Waals surface area contributed by atoms with Crippen LogP contribution in [0.25, 0.3) is 0 Å². The predicted octanol–water partition coefficient (Wildman–Crippen LogP) is 2.95. The third-order valence-corrected chi connectivity index (χ3v) is 2.70. The molecule has 8 heteroatoms. The molecule has 0 N–H and O–H groups in total. The number of ether oxygens (including phenoxy) is 2. The van der Waals surface area contributed by atoms with E-state index in [1.807, 2.05) is 0 Å². The lowest BCUT2D eigenvalue weighted by Crippen LogP contribution is -2.04. The zero-order valence-electron chi connectivity index (χ0n) is 10.0. The van der Waals surface area contributed by atoms with Crippen LogP contribution in [0.15, 0.2) is 30.5 Å². The van der Waals surface area contributed by atoms with Gasteiger partial charge in [0.05, 0.1) is 0 Å². The number of thiol groups is 1. The van der Waals surface area contributed by atoms with Gasteiger partial charge in [-0.15, -0.1) is 10.4 Å². The van der Waals surface area contributed by atoms with Crippen LogP contribution in [0, 0.1) is 11.5 Å². The number of nitrogens with zero attached hydrogens (tertiary/aromatic N) is 3. The average Bonchev–Trinajstić information content (AvgIpc) is 2.83. The molecule has 0 saturated carbocycles. The monoisotopic (exact) mass is 297 g/mol. The van der Waals surface area contributed by atoms with Gasteiger partial charge >= 0.3 is 0 Å². The van der Waals surface area contributed by atoms with Crippen LogP contribution in [0.3, 0.4) is 0 Å². The van der Waals surface area contributed by atoms with Gasteiger partial charge in [-0.25, -0.2) is 12.9 Å². The molecule has 0 aliphatic rings. The summed E-state index contributed by atoms with van der Waals surface area (Å²) in [4.78, 5) is 0. The molecule has 0 saturated heterocycles. The van der Waals surface area contributed by atoms with Gasteiger partial charge in [0, 0.05) is 23.4 Å². The van der Waals surface area contributed by atoms with Gasteiger partial charge in [0.2, 0.25) is 5.88 Å². The zero-order chi connectivity index (χ0) is 14.5. The predicted molar refractivity (Wildman–Crippen MR) is 68.6 cm³/mol. The van der Waals surface area contributed by atoms with Crippen molar-refractivity contribution in [3.05, 3.63) is 41.6 Å². The van der Waals surface area contributed by atoms with E-state index in [0.29, 0.717) is 0 Å². The van der Waals surface area contributed by atoms with E-state index in [0.717, 1.165) is 0 Å². The molecular weight excluding hydrogens is 288 g/mol. The molecule has 1 heterocycles. The highest BCUT2D eigenvalue weighted by molar-refractivity contribution is 7.78. The third kappa shape index (κ3) is 3.19. The summed E-state index contributed by atoms with van der Waals surface area (Å²) in [7, 11) is 0. The first kappa shape index (κ1) is 14.1. The molecule has 0 atom stereocenters. The topological polar surface area (TPSA) is 60.1 Å². The normalized spacial score (nSPS) is 10.3. The summed E-state index contributed by atoms with van der Waals surface area (Å²) in [5.41, 5.74) is -0.138. The standard InChI is InChI=1S/C12H9F2N3O2S/c13-12(14)8-2-1-3-10(19-7-15)9(8)6-18-11-4-5-17(20)16-11/h1-5,12,20H,6H2. The maximum atomic E-state index is 13.0. The molecule has 0 aliphatic carbocycles. The van der Waals surface area contributed by atoms with Gasteiger partial charge in [-0.2, -0.15) is 0 Å². The number of rotatable bonds is 5. The lowest BCUT2D eigenvalue weighted by atomic mass is 10.1. The van der Waals surface area contributed by atoms with E-state index >= 15 is 0 Å². The van der Waals surface area contributed by atoms with E-state index in [1.165, 1.54) is 40.8 Å². The van der Waals surface area contributed by atoms with Crippen LogP contribution in [0.5, 0.6) is 11.6 Å². The minimum atomic E-state index is -2.70. The van der Waals surface area contributed by atoms with Crippen molar-refractivity contribution >= 4 is 12.8 Å². The maximum Gasteiger partial charge on any atom is 0.292 e. The molecule has 0 fully saturated rings. The Hall–Kier alpha value is -2.27. The van der Waals surface area contributed by atoms with E-state index in [9.17, 15) is 8.78 Å². The number of nitriles is 1. The fraction of sp³-hybridized carbons (Fsp3) is 0.167. The molecule has 5 nitrogen and oxygen atoms in total. The second-order valence-electron chi connectivity index (χ2n) is 3.68. The van der Waals surface area contributed by atoms with E-state index in [2.05, 4.69) is 22.7 Å². The highest BCUT2D eigenvalue weighted by atomic mass is 32.1. The Balaban J connectivity index is 2.25. The lowest BCUT2D eigenvalue weighted by Gasteiger charge is -2.12. The largest absolute Gasteiger partial charge is 0.472 e. The van der Waals surface area contributed by atoms with Crippen molar-refractivity contribution in [2.24, 2.45) is 0 Å². The number of hydrogen-bond acceptors (Lipinski definition) is 5. The summed E-state index contributed by atoms with van der Waals surface area (Å²) >= 11 is 3.93. The van der Waals surface area contributed by atoms with Gasteiger partial charge in [0.25, 0.3) is 12.7 Å². The Labute approximate surface area is 118 Å². The Kier molecular flexibility index (Phi) is 4.42. The Bertz CT molecular complexity index is 640. The molecule has 0 aliphatic heterocycles. The first-order chi connectivity index (χ1) is 9.61. The number of aromatic nitrogens is 2. The molecule has 20 heavy (non-hydrogen) atoms. The highest BCUT2D eigenvalue weighted by Gasteiger charge is 2.18. The summed E-state index contributed by atoms with van der Waals surface area (Å²) < 4.78 is 37.1. The first-order valence-corrected chi connectivity index (χ1v) is 5.85. The van der Waals surface area contributed by atoms with Gasteiger partial charge in [0.1, 0.15) is 12.4 Å². The van der Waals surface area contributed by atoms with Crippen molar-refractivity contribution in [3.8, 4) is 17.9 Å². The highest BCUT2D eigenvalue weighted by Crippen LogP contribution is 2.30. The molecule has 0 spiro atoms. The number of halogens is 2. The molecule has 0 bridgehead atoms. The summed E-state index contributed by atoms with van der Waals surface area (Å²) in [5.74, 6) is 0.266. The molecular formula is C12H9F2N3O2S. The van der Waals surface area contributed by atoms with Crippen molar-refractivity contribution in [3.63, 3.8) is 0 Å². The van der Waals surface area contributed by atoms with Crippen LogP contribution < -0.4 is 9.47 Å². The van der Waals surface area contributed by atoms with Crippen LogP contribution in [0.4, 0.5) is 8.78 Å². The SMILES string of the molecule is N#COc1cccc(C(F)F)c1COc1ccn(S)n1. The fourth-order valence-electron chi connectivity index (χ4n) is 1.61. The van der Waals surface area contributed by atoms with Crippen molar-refractivity contribution in [2.75, 3.05) is 0 Å². The molecule has 0 radical (unpaired) electrons. The number of alkyl halides is 2. The molecule has 2 rings (SSSR count). The van der Waals surface area contributed by atoms with Crippen molar-refractivity contribution in [1.29, 1.82) is 5.26 Å². The summed E-state index contributed by atoms with van der Waals surface area (Å²) in [5, 5.41) is 12.4. The minimum absolute atomic E-state index is 0.0376. The van der Waals surface area contributed by atoms with Crippen LogP contribution in [0.2, 0.25) is 0 Å². The minimum Gasteiger partial charge on any atom is -0.472 e. The van der Waals surface area contributed by atoms with Crippen molar-refractivity contribution in [1.82, 2.24) is 9.19 Å². The zero-order valence-corrected chi connectivity index (χ0v) is 10.9. The van der Waals surface area contributed by atoms with E-state index in [-0.39, 0.29) is 29.4 Å². The van der Waals surface area contributed by atoms with Gasteiger partial charge in [0.15, 0.2) is 0 Å². The molecule has 0 amide bonds. The Morgan fingerprint density at radius 3 is 2.80 bits per heavy atom. The maximum absolute atomic E-state index is 13.0. The molecule has 104 valence electrons. The Morgan fingerprint density at radius 1 is 1.40 bits per heavy atom. The summed E-state index contributed by atoms with van der Waals surface area (Å²) in [6.07, 6.45) is 0.296. The Morgan fingerprint density at radius 2 is 2.20 bits per heavy atom. The number of benzene rings is 1. The number of hydrogen-bond donors (Lipinski definition) is 1. The van der Waals surface area contributed by atoms with Crippen LogP contribution in [-0.2, 0) is 6.61 Å². The van der Waals surface area contributed by atoms with Crippen LogP contribution in [0.1, 0.15) is 17.6 Å². The van der Waals surface area contributed by atoms with Gasteiger partial charge in [-0.05, 0) is 18.9 Å². The van der Waals surface area contributed by atoms with Crippen molar-refractivity contribution < 1.29 is 18.3 Å². The fourth-order valence-corrected chi connectivity index (χ4v) is 1.76. The van der Waals surface area contributed by atoms with Gasteiger partial charge in [-0.1, -0.05) is 12.1 Å². The first-order valence-electron chi connectivity index (χ1n) is 5.45. The lowest BCUT2D eigenvalue weighted by molar-refractivity contribution is 0.147. The second kappa shape index (κ2) is 6.25. The molecule has 1 aromatic heterocycles. The molecule has 2 aromatic rings.